The van der Waals surface area contributed by atoms with Gasteiger partial charge in [0.15, 0.2) is 5.96 Å². The van der Waals surface area contributed by atoms with Crippen molar-refractivity contribution in [2.24, 2.45) is 16.6 Å². The molecule has 17 heavy (non-hydrogen) atoms. The third-order valence-electron chi connectivity index (χ3n) is 3.31. The number of rotatable bonds is 4. The topological polar surface area (TPSA) is 68.9 Å². The highest BCUT2D eigenvalue weighted by Gasteiger charge is 2.15. The number of hydrogen-bond donors (Lipinski definition) is 2. The molecule has 2 saturated heterocycles. The Labute approximate surface area is 103 Å². The molecule has 0 radical (unpaired) electrons. The predicted molar refractivity (Wildman–Crippen MR) is 67.0 cm³/mol. The van der Waals surface area contributed by atoms with Crippen LogP contribution in [0.15, 0.2) is 4.99 Å². The molecule has 98 valence electrons. The first-order chi connectivity index (χ1) is 8.34. The van der Waals surface area contributed by atoms with E-state index in [4.69, 9.17) is 15.2 Å². The summed E-state index contributed by atoms with van der Waals surface area (Å²) >= 11 is 0. The first-order valence-corrected chi connectivity index (χ1v) is 6.58. The summed E-state index contributed by atoms with van der Waals surface area (Å²) in [4.78, 5) is 4.36. The van der Waals surface area contributed by atoms with Gasteiger partial charge in [0.1, 0.15) is 0 Å². The molecule has 2 rings (SSSR count). The quantitative estimate of drug-likeness (QED) is 0.555. The molecule has 0 amide bonds. The van der Waals surface area contributed by atoms with Crippen molar-refractivity contribution in [3.8, 4) is 0 Å². The highest BCUT2D eigenvalue weighted by atomic mass is 16.5. The van der Waals surface area contributed by atoms with E-state index in [9.17, 15) is 0 Å². The van der Waals surface area contributed by atoms with Crippen molar-refractivity contribution in [1.82, 2.24) is 5.32 Å². The lowest BCUT2D eigenvalue weighted by molar-refractivity contribution is 0.0582. The Bertz CT molecular complexity index is 246. The molecule has 2 aliphatic rings. The lowest BCUT2D eigenvalue weighted by atomic mass is 10.0. The summed E-state index contributed by atoms with van der Waals surface area (Å²) in [7, 11) is 0. The normalized spacial score (nSPS) is 30.5. The Balaban J connectivity index is 1.61. The molecule has 0 aromatic carbocycles. The third kappa shape index (κ3) is 4.52. The van der Waals surface area contributed by atoms with Crippen LogP contribution in [0.25, 0.3) is 0 Å². The van der Waals surface area contributed by atoms with Crippen LogP contribution in [-0.2, 0) is 9.47 Å². The van der Waals surface area contributed by atoms with Crippen LogP contribution < -0.4 is 11.1 Å². The van der Waals surface area contributed by atoms with Gasteiger partial charge in [-0.05, 0) is 25.7 Å². The maximum absolute atomic E-state index is 5.81. The minimum absolute atomic E-state index is 0.307. The second kappa shape index (κ2) is 6.81. The SMILES string of the molecule is NC(=NCC1CCCOC1)NCC1CCCO1. The zero-order valence-electron chi connectivity index (χ0n) is 10.4. The lowest BCUT2D eigenvalue weighted by Crippen LogP contribution is -2.37. The number of nitrogens with two attached hydrogens (primary N) is 1. The molecular formula is C12H23N3O2. The molecule has 2 heterocycles. The number of nitrogens with zero attached hydrogens (tertiary/aromatic N) is 1. The molecule has 0 aliphatic carbocycles. The monoisotopic (exact) mass is 241 g/mol. The van der Waals surface area contributed by atoms with Crippen molar-refractivity contribution >= 4 is 5.96 Å². The maximum atomic E-state index is 5.81. The van der Waals surface area contributed by atoms with Crippen LogP contribution in [0, 0.1) is 5.92 Å². The average Bonchev–Trinajstić information content (AvgIpc) is 2.88. The lowest BCUT2D eigenvalue weighted by Gasteiger charge is -2.20. The minimum Gasteiger partial charge on any atom is -0.381 e. The van der Waals surface area contributed by atoms with E-state index in [-0.39, 0.29) is 0 Å². The summed E-state index contributed by atoms with van der Waals surface area (Å²) in [5.74, 6) is 1.07. The molecule has 2 unspecified atom stereocenters. The van der Waals surface area contributed by atoms with Gasteiger partial charge in [-0.25, -0.2) is 0 Å². The van der Waals surface area contributed by atoms with Crippen molar-refractivity contribution in [3.05, 3.63) is 0 Å². The van der Waals surface area contributed by atoms with Crippen molar-refractivity contribution in [1.29, 1.82) is 0 Å². The molecule has 0 spiro atoms. The van der Waals surface area contributed by atoms with Crippen molar-refractivity contribution < 1.29 is 9.47 Å². The Morgan fingerprint density at radius 1 is 1.29 bits per heavy atom. The van der Waals surface area contributed by atoms with Crippen molar-refractivity contribution in [2.45, 2.75) is 31.8 Å². The number of guanidine groups is 1. The van der Waals surface area contributed by atoms with Crippen LogP contribution in [0.4, 0.5) is 0 Å². The molecule has 0 aromatic rings. The Hall–Kier alpha value is -0.810. The summed E-state index contributed by atoms with van der Waals surface area (Å²) < 4.78 is 10.9. The fraction of sp³-hybridized carbons (Fsp3) is 0.917. The smallest absolute Gasteiger partial charge is 0.188 e. The summed E-state index contributed by atoms with van der Waals surface area (Å²) in [5, 5.41) is 3.13. The molecule has 3 N–H and O–H groups in total. The van der Waals surface area contributed by atoms with E-state index in [1.165, 1.54) is 6.42 Å². The molecular weight excluding hydrogens is 218 g/mol. The van der Waals surface area contributed by atoms with E-state index < -0.39 is 0 Å². The first kappa shape index (κ1) is 12.6. The molecule has 2 fully saturated rings. The van der Waals surface area contributed by atoms with Crippen molar-refractivity contribution in [2.75, 3.05) is 32.9 Å². The molecule has 0 saturated carbocycles. The van der Waals surface area contributed by atoms with Gasteiger partial charge >= 0.3 is 0 Å². The van der Waals surface area contributed by atoms with Gasteiger partial charge in [-0.3, -0.25) is 4.99 Å². The van der Waals surface area contributed by atoms with Crippen molar-refractivity contribution in [3.63, 3.8) is 0 Å². The van der Waals surface area contributed by atoms with E-state index in [1.54, 1.807) is 0 Å². The fourth-order valence-electron chi connectivity index (χ4n) is 2.26. The Kier molecular flexibility index (Phi) is 5.07. The summed E-state index contributed by atoms with van der Waals surface area (Å²) in [5.41, 5.74) is 5.81. The predicted octanol–water partition coefficient (Wildman–Crippen LogP) is 0.496. The van der Waals surface area contributed by atoms with Gasteiger partial charge in [0.05, 0.1) is 12.7 Å². The van der Waals surface area contributed by atoms with Gasteiger partial charge in [0.25, 0.3) is 0 Å². The molecule has 2 aliphatic heterocycles. The van der Waals surface area contributed by atoms with Gasteiger partial charge in [-0.2, -0.15) is 0 Å². The molecule has 2 atom stereocenters. The van der Waals surface area contributed by atoms with E-state index in [0.717, 1.165) is 52.2 Å². The number of ether oxygens (including phenoxy) is 2. The Morgan fingerprint density at radius 3 is 2.88 bits per heavy atom. The van der Waals surface area contributed by atoms with E-state index in [1.807, 2.05) is 0 Å². The number of hydrogen-bond acceptors (Lipinski definition) is 3. The van der Waals surface area contributed by atoms with E-state index in [0.29, 0.717) is 18.0 Å². The zero-order chi connectivity index (χ0) is 11.9. The largest absolute Gasteiger partial charge is 0.381 e. The highest BCUT2D eigenvalue weighted by molar-refractivity contribution is 5.77. The summed E-state index contributed by atoms with van der Waals surface area (Å²) in [6.45, 7) is 4.14. The van der Waals surface area contributed by atoms with Crippen LogP contribution in [0.1, 0.15) is 25.7 Å². The third-order valence-corrected chi connectivity index (χ3v) is 3.31. The molecule has 5 heteroatoms. The number of aliphatic imine (C=N–C) groups is 1. The average molecular weight is 241 g/mol. The van der Waals surface area contributed by atoms with Crippen LogP contribution in [0.5, 0.6) is 0 Å². The zero-order valence-corrected chi connectivity index (χ0v) is 10.4. The number of nitrogens with one attached hydrogen (secondary N) is 1. The first-order valence-electron chi connectivity index (χ1n) is 6.58. The van der Waals surface area contributed by atoms with E-state index >= 15 is 0 Å². The molecule has 5 nitrogen and oxygen atoms in total. The van der Waals surface area contributed by atoms with Gasteiger partial charge in [-0.15, -0.1) is 0 Å². The Morgan fingerprint density at radius 2 is 2.18 bits per heavy atom. The second-order valence-electron chi connectivity index (χ2n) is 4.83. The van der Waals surface area contributed by atoms with Gasteiger partial charge in [0, 0.05) is 32.2 Å². The van der Waals surface area contributed by atoms with E-state index in [2.05, 4.69) is 10.3 Å². The summed E-state index contributed by atoms with van der Waals surface area (Å²) in [6.07, 6.45) is 4.92. The van der Waals surface area contributed by atoms with Crippen LogP contribution in [0.2, 0.25) is 0 Å². The van der Waals surface area contributed by atoms with Gasteiger partial charge < -0.3 is 20.5 Å². The van der Waals surface area contributed by atoms with Gasteiger partial charge in [0.2, 0.25) is 0 Å². The molecule has 0 bridgehead atoms. The van der Waals surface area contributed by atoms with Crippen LogP contribution >= 0.6 is 0 Å². The maximum Gasteiger partial charge on any atom is 0.188 e. The standard InChI is InChI=1S/C12H23N3O2/c13-12(15-8-11-4-2-6-17-11)14-7-10-3-1-5-16-9-10/h10-11H,1-9H2,(H3,13,14,15). The van der Waals surface area contributed by atoms with Gasteiger partial charge in [-0.1, -0.05) is 0 Å². The fourth-order valence-corrected chi connectivity index (χ4v) is 2.26. The highest BCUT2D eigenvalue weighted by Crippen LogP contribution is 2.13. The van der Waals surface area contributed by atoms with Crippen LogP contribution in [0.3, 0.4) is 0 Å². The summed E-state index contributed by atoms with van der Waals surface area (Å²) in [6, 6.07) is 0. The molecule has 0 aromatic heterocycles. The second-order valence-corrected chi connectivity index (χ2v) is 4.83. The minimum atomic E-state index is 0.307. The van der Waals surface area contributed by atoms with Crippen LogP contribution in [-0.4, -0.2) is 45.0 Å².